The summed E-state index contributed by atoms with van der Waals surface area (Å²) in [5.41, 5.74) is 8.17. The van der Waals surface area contributed by atoms with Gasteiger partial charge < -0.3 is 56.7 Å². The smallest absolute Gasteiger partial charge is 0.302 e. The van der Waals surface area contributed by atoms with Crippen LogP contribution >= 0.6 is 0 Å². The number of hydrogen-bond donors (Lipinski definition) is 9. The lowest BCUT2D eigenvalue weighted by Gasteiger charge is -2.43. The number of nitrogens with two attached hydrogens (primary N) is 1. The van der Waals surface area contributed by atoms with Gasteiger partial charge in [0, 0.05) is 55.8 Å². The predicted octanol–water partition coefficient (Wildman–Crippen LogP) is 2.65. The van der Waals surface area contributed by atoms with Gasteiger partial charge in [-0.15, -0.1) is 0 Å². The van der Waals surface area contributed by atoms with Crippen LogP contribution in [0.25, 0.3) is 0 Å². The predicted molar refractivity (Wildman–Crippen MR) is 220 cm³/mol. The number of aliphatic hydroxyl groups is 4. The minimum Gasteiger partial charge on any atom is -0.504 e. The zero-order valence-corrected chi connectivity index (χ0v) is 33.5. The number of rotatable bonds is 2. The van der Waals surface area contributed by atoms with E-state index in [2.05, 4.69) is 57.0 Å². The number of aliphatic hydroxyl groups excluding tert-OH is 3. The fourth-order valence-corrected chi connectivity index (χ4v) is 9.99. The van der Waals surface area contributed by atoms with Crippen molar-refractivity contribution in [3.05, 3.63) is 70.8 Å². The molecule has 0 saturated carbocycles. The topological polar surface area (TPSA) is 211 Å². The summed E-state index contributed by atoms with van der Waals surface area (Å²) < 4.78 is 12.7. The maximum Gasteiger partial charge on any atom is 0.302 e. The van der Waals surface area contributed by atoms with Crippen molar-refractivity contribution >= 4 is 11.9 Å². The summed E-state index contributed by atoms with van der Waals surface area (Å²) in [7, 11) is 0. The van der Waals surface area contributed by atoms with Gasteiger partial charge in [-0.05, 0) is 99.7 Å². The quantitative estimate of drug-likeness (QED) is 0.0930. The fraction of sp³-hybridized carbons (Fsp3) is 0.600. The first-order valence-electron chi connectivity index (χ1n) is 21.1. The third kappa shape index (κ3) is 9.82. The number of nitrogens with one attached hydrogen (secondary N) is 3. The monoisotopic (exact) mass is 799 g/mol. The highest BCUT2D eigenvalue weighted by atomic mass is 16.5. The molecule has 314 valence electrons. The molecular formula is C45H61N5O8. The van der Waals surface area contributed by atoms with Crippen molar-refractivity contribution in [2.24, 2.45) is 28.0 Å². The molecule has 2 aliphatic carbocycles. The summed E-state index contributed by atoms with van der Waals surface area (Å²) in [6.45, 7) is 3.98. The zero-order chi connectivity index (χ0) is 40.9. The van der Waals surface area contributed by atoms with Crippen LogP contribution < -0.4 is 26.4 Å². The van der Waals surface area contributed by atoms with Crippen molar-refractivity contribution in [3.8, 4) is 23.3 Å². The normalized spacial score (nSPS) is 33.3. The highest BCUT2D eigenvalue weighted by Crippen LogP contribution is 2.43. The van der Waals surface area contributed by atoms with E-state index in [1.165, 1.54) is 24.1 Å². The number of phenols is 1. The molecule has 0 amide bonds. The van der Waals surface area contributed by atoms with Crippen molar-refractivity contribution in [3.63, 3.8) is 0 Å². The molecule has 13 nitrogen and oxygen atoms in total. The number of piperidine rings is 1. The first-order valence-corrected chi connectivity index (χ1v) is 21.1. The van der Waals surface area contributed by atoms with Crippen molar-refractivity contribution in [1.29, 1.82) is 0 Å². The zero-order valence-electron chi connectivity index (χ0n) is 33.5. The minimum atomic E-state index is -1.90. The van der Waals surface area contributed by atoms with Gasteiger partial charge >= 0.3 is 5.97 Å². The highest BCUT2D eigenvalue weighted by Gasteiger charge is 2.47. The summed E-state index contributed by atoms with van der Waals surface area (Å²) in [6.07, 6.45) is 5.55. The standard InChI is InChI=1S/C45H61N5O8/c1-28(51)57-38-24-33(52)11-17-45-16-10-31-7-4-15-44(26-34(14-20-49-44)58-39-23-32(22-35(31)38)36(42(55)56)25-37(39)53)27-47-18-12-29-5-2-6-30(21-29)13-19-48-43(46)50-40(45)8-3-9-41(45)54/h2-3,5-6,8,21,23,25,31,33-35,38,40-42,47,49,52-56H,4,7,9,11-15,17-20,22,24,26-27H2,1H3,(H3,46,48,50). The third-order valence-electron chi connectivity index (χ3n) is 13.1. The molecule has 9 unspecified atom stereocenters. The number of hydrogen-bond acceptors (Lipinski definition) is 13. The Bertz CT molecular complexity index is 1890. The summed E-state index contributed by atoms with van der Waals surface area (Å²) in [5, 5.41) is 67.1. The van der Waals surface area contributed by atoms with E-state index >= 15 is 0 Å². The number of carbonyl (C=O) groups excluding carboxylic acids is 1. The van der Waals surface area contributed by atoms with Gasteiger partial charge in [0.1, 0.15) is 12.2 Å². The van der Waals surface area contributed by atoms with Crippen LogP contribution in [0.3, 0.4) is 0 Å². The molecule has 58 heavy (non-hydrogen) atoms. The Kier molecular flexibility index (Phi) is 13.3. The van der Waals surface area contributed by atoms with Gasteiger partial charge in [-0.2, -0.15) is 0 Å². The van der Waals surface area contributed by atoms with Gasteiger partial charge in [-0.1, -0.05) is 54.7 Å². The SMILES string of the molecule is CC(=O)OC1CC(O)CCC23C#CC4CCCC5(CNCCc6cccc(c6)CCN=C(N)NC2C=CCC3O)CC(CCN5)Oc2cc(c(C(O)O)cc2O)CC41. The lowest BCUT2D eigenvalue weighted by Crippen LogP contribution is -2.59. The van der Waals surface area contributed by atoms with E-state index in [0.717, 1.165) is 32.2 Å². The Morgan fingerprint density at radius 1 is 1.09 bits per heavy atom. The van der Waals surface area contributed by atoms with Gasteiger partial charge in [-0.3, -0.25) is 9.79 Å². The van der Waals surface area contributed by atoms with E-state index in [0.29, 0.717) is 57.3 Å². The van der Waals surface area contributed by atoms with Crippen LogP contribution in [0.2, 0.25) is 0 Å². The molecule has 9 atom stereocenters. The van der Waals surface area contributed by atoms with Gasteiger partial charge in [0.05, 0.1) is 23.7 Å². The molecule has 10 N–H and O–H groups in total. The highest BCUT2D eigenvalue weighted by molar-refractivity contribution is 5.78. The maximum atomic E-state index is 12.8. The average molecular weight is 800 g/mol. The van der Waals surface area contributed by atoms with Crippen LogP contribution in [0.15, 0.2) is 53.5 Å². The Morgan fingerprint density at radius 3 is 2.72 bits per heavy atom. The number of esters is 1. The van der Waals surface area contributed by atoms with Crippen LogP contribution in [0.4, 0.5) is 0 Å². The second-order valence-corrected chi connectivity index (χ2v) is 17.2. The summed E-state index contributed by atoms with van der Waals surface area (Å²) in [5.74, 6) is 6.07. The van der Waals surface area contributed by atoms with Crippen LogP contribution in [0.1, 0.15) is 93.3 Å². The summed E-state index contributed by atoms with van der Waals surface area (Å²) in [4.78, 5) is 17.5. The molecule has 0 radical (unpaired) electrons. The fourth-order valence-electron chi connectivity index (χ4n) is 9.99. The van der Waals surface area contributed by atoms with Gasteiger partial charge in [0.2, 0.25) is 0 Å². The molecule has 7 rings (SSSR count). The second kappa shape index (κ2) is 18.4. The van der Waals surface area contributed by atoms with Crippen LogP contribution in [0.5, 0.6) is 11.5 Å². The molecule has 2 aromatic carbocycles. The van der Waals surface area contributed by atoms with Gasteiger partial charge in [-0.25, -0.2) is 0 Å². The number of fused-ring (bicyclic) bond motifs is 7. The molecule has 0 aromatic heterocycles. The van der Waals surface area contributed by atoms with E-state index in [1.807, 2.05) is 12.2 Å². The Labute approximate surface area is 341 Å². The number of carbonyl (C=O) groups is 1. The number of benzene rings is 2. The number of phenolic OH excluding ortho intramolecular Hbond substituents is 1. The first-order chi connectivity index (χ1) is 27.9. The molecule has 1 saturated heterocycles. The summed E-state index contributed by atoms with van der Waals surface area (Å²) >= 11 is 0. The molecule has 5 aliphatic rings. The van der Waals surface area contributed by atoms with Gasteiger partial charge in [0.15, 0.2) is 23.7 Å². The van der Waals surface area contributed by atoms with Gasteiger partial charge in [0.25, 0.3) is 0 Å². The lowest BCUT2D eigenvalue weighted by molar-refractivity contribution is -0.152. The maximum absolute atomic E-state index is 12.8. The lowest BCUT2D eigenvalue weighted by atomic mass is 9.66. The van der Waals surface area contributed by atoms with E-state index < -0.39 is 53.9 Å². The van der Waals surface area contributed by atoms with Crippen LogP contribution in [0, 0.1) is 29.1 Å². The molecular weight excluding hydrogens is 739 g/mol. The molecule has 2 spiro atoms. The second-order valence-electron chi connectivity index (χ2n) is 17.2. The molecule has 3 heterocycles. The molecule has 8 bridgehead atoms. The Morgan fingerprint density at radius 2 is 1.91 bits per heavy atom. The Balaban J connectivity index is 1.38. The van der Waals surface area contributed by atoms with Crippen molar-refractivity contribution < 1.29 is 39.8 Å². The minimum absolute atomic E-state index is 0.108. The molecule has 13 heteroatoms. The average Bonchev–Trinajstić information content (AvgIpc) is 3.18. The molecule has 2 aromatic rings. The molecule has 1 fully saturated rings. The summed E-state index contributed by atoms with van der Waals surface area (Å²) in [6, 6.07) is 11.0. The van der Waals surface area contributed by atoms with Crippen molar-refractivity contribution in [2.45, 2.75) is 126 Å². The number of aromatic hydroxyl groups is 1. The molecule has 3 aliphatic heterocycles. The van der Waals surface area contributed by atoms with Crippen molar-refractivity contribution in [1.82, 2.24) is 16.0 Å². The van der Waals surface area contributed by atoms with E-state index in [9.17, 15) is 30.3 Å². The van der Waals surface area contributed by atoms with Crippen molar-refractivity contribution in [2.75, 3.05) is 26.2 Å². The van der Waals surface area contributed by atoms with Crippen LogP contribution in [-0.4, -0.2) is 99.6 Å². The van der Waals surface area contributed by atoms with E-state index in [1.54, 1.807) is 6.07 Å². The first kappa shape index (κ1) is 42.0. The number of ether oxygens (including phenoxy) is 2. The van der Waals surface area contributed by atoms with Crippen LogP contribution in [-0.2, 0) is 28.8 Å². The number of aliphatic imine (C=N–C) groups is 1. The number of guanidine groups is 1. The largest absolute Gasteiger partial charge is 0.504 e. The van der Waals surface area contributed by atoms with E-state index in [-0.39, 0.29) is 53.9 Å². The Hall–Kier alpha value is -4.16. The van der Waals surface area contributed by atoms with E-state index in [4.69, 9.17) is 15.2 Å². The number of nitrogens with zero attached hydrogens (tertiary/aromatic N) is 1. The third-order valence-corrected chi connectivity index (χ3v) is 13.1.